The zero-order valence-corrected chi connectivity index (χ0v) is 13.7. The predicted molar refractivity (Wildman–Crippen MR) is 91.7 cm³/mol. The molecule has 24 heavy (non-hydrogen) atoms. The monoisotopic (exact) mass is 340 g/mol. The SMILES string of the molecule is NC(=O)[C@H]1Cc2ccccc2CN1Cc1cc(=O)n2ccsc2n1. The largest absolute Gasteiger partial charge is 0.368 e. The number of benzene rings is 1. The van der Waals surface area contributed by atoms with Gasteiger partial charge in [0.15, 0.2) is 4.96 Å². The van der Waals surface area contributed by atoms with Crippen LogP contribution in [0.1, 0.15) is 16.8 Å². The third kappa shape index (κ3) is 2.61. The molecule has 1 amide bonds. The van der Waals surface area contributed by atoms with E-state index in [0.717, 1.165) is 5.56 Å². The van der Waals surface area contributed by atoms with Crippen molar-refractivity contribution in [2.24, 2.45) is 5.73 Å². The average molecular weight is 340 g/mol. The molecule has 0 aliphatic carbocycles. The molecule has 0 bridgehead atoms. The molecule has 0 unspecified atom stereocenters. The van der Waals surface area contributed by atoms with E-state index in [1.54, 1.807) is 6.20 Å². The van der Waals surface area contributed by atoms with E-state index in [0.29, 0.717) is 30.2 Å². The number of aromatic nitrogens is 2. The fourth-order valence-electron chi connectivity index (χ4n) is 3.20. The Morgan fingerprint density at radius 2 is 2.12 bits per heavy atom. The minimum atomic E-state index is -0.386. The van der Waals surface area contributed by atoms with Crippen molar-refractivity contribution in [1.82, 2.24) is 14.3 Å². The first-order valence-corrected chi connectivity index (χ1v) is 8.56. The predicted octanol–water partition coefficient (Wildman–Crippen LogP) is 1.17. The highest BCUT2D eigenvalue weighted by atomic mass is 32.1. The molecule has 0 radical (unpaired) electrons. The Morgan fingerprint density at radius 1 is 1.33 bits per heavy atom. The number of primary amides is 1. The standard InChI is InChI=1S/C17H16N4O2S/c18-16(23)14-7-11-3-1-2-4-12(11)9-20(14)10-13-8-15(22)21-5-6-24-17(21)19-13/h1-6,8,14H,7,9-10H2,(H2,18,23)/t14-/m1/s1. The number of nitrogens with zero attached hydrogens (tertiary/aromatic N) is 3. The first-order chi connectivity index (χ1) is 11.6. The van der Waals surface area contributed by atoms with E-state index in [1.165, 1.54) is 27.4 Å². The van der Waals surface area contributed by atoms with Crippen LogP contribution in [0, 0.1) is 0 Å². The summed E-state index contributed by atoms with van der Waals surface area (Å²) in [6, 6.07) is 9.19. The number of amides is 1. The van der Waals surface area contributed by atoms with Crippen LogP contribution in [0.4, 0.5) is 0 Å². The Bertz CT molecular complexity index is 978. The van der Waals surface area contributed by atoms with Crippen LogP contribution >= 0.6 is 11.3 Å². The molecule has 1 aliphatic heterocycles. The van der Waals surface area contributed by atoms with Crippen LogP contribution in [0.5, 0.6) is 0 Å². The molecule has 4 rings (SSSR count). The lowest BCUT2D eigenvalue weighted by Gasteiger charge is -2.34. The highest BCUT2D eigenvalue weighted by Crippen LogP contribution is 2.24. The van der Waals surface area contributed by atoms with Crippen LogP contribution in [0.2, 0.25) is 0 Å². The molecule has 2 N–H and O–H groups in total. The normalized spacial score (nSPS) is 17.8. The summed E-state index contributed by atoms with van der Waals surface area (Å²) in [6.07, 6.45) is 2.30. The molecule has 0 spiro atoms. The van der Waals surface area contributed by atoms with E-state index in [-0.39, 0.29) is 17.5 Å². The van der Waals surface area contributed by atoms with Gasteiger partial charge in [-0.1, -0.05) is 24.3 Å². The first-order valence-electron chi connectivity index (χ1n) is 7.68. The molecule has 122 valence electrons. The van der Waals surface area contributed by atoms with E-state index in [1.807, 2.05) is 28.5 Å². The molecule has 0 saturated heterocycles. The van der Waals surface area contributed by atoms with Gasteiger partial charge in [-0.05, 0) is 17.5 Å². The van der Waals surface area contributed by atoms with E-state index >= 15 is 0 Å². The molecule has 3 heterocycles. The average Bonchev–Trinajstić information content (AvgIpc) is 3.03. The van der Waals surface area contributed by atoms with Crippen molar-refractivity contribution >= 4 is 22.2 Å². The summed E-state index contributed by atoms with van der Waals surface area (Å²) in [4.78, 5) is 31.2. The molecule has 2 aromatic heterocycles. The Kier molecular flexibility index (Phi) is 3.66. The molecular weight excluding hydrogens is 324 g/mol. The van der Waals surface area contributed by atoms with Gasteiger partial charge in [-0.2, -0.15) is 0 Å². The van der Waals surface area contributed by atoms with Gasteiger partial charge < -0.3 is 5.73 Å². The summed E-state index contributed by atoms with van der Waals surface area (Å²) in [5.74, 6) is -0.349. The van der Waals surface area contributed by atoms with E-state index < -0.39 is 0 Å². The highest BCUT2D eigenvalue weighted by molar-refractivity contribution is 7.15. The van der Waals surface area contributed by atoms with Crippen molar-refractivity contribution < 1.29 is 4.79 Å². The molecular formula is C17H16N4O2S. The van der Waals surface area contributed by atoms with Crippen molar-refractivity contribution in [2.75, 3.05) is 0 Å². The van der Waals surface area contributed by atoms with E-state index in [4.69, 9.17) is 5.73 Å². The zero-order valence-electron chi connectivity index (χ0n) is 12.9. The van der Waals surface area contributed by atoms with Crippen LogP contribution in [-0.4, -0.2) is 26.2 Å². The van der Waals surface area contributed by atoms with Gasteiger partial charge in [0, 0.05) is 30.7 Å². The van der Waals surface area contributed by atoms with Gasteiger partial charge in [-0.15, -0.1) is 11.3 Å². The van der Waals surface area contributed by atoms with Crippen LogP contribution in [-0.2, 0) is 24.3 Å². The highest BCUT2D eigenvalue weighted by Gasteiger charge is 2.30. The maximum atomic E-state index is 12.1. The zero-order chi connectivity index (χ0) is 16.7. The Labute approximate surface area is 142 Å². The maximum Gasteiger partial charge on any atom is 0.258 e. The van der Waals surface area contributed by atoms with Crippen LogP contribution in [0.3, 0.4) is 0 Å². The quantitative estimate of drug-likeness (QED) is 0.776. The molecule has 0 saturated carbocycles. The minimum Gasteiger partial charge on any atom is -0.368 e. The van der Waals surface area contributed by atoms with Crippen molar-refractivity contribution in [3.63, 3.8) is 0 Å². The number of nitrogens with two attached hydrogens (primary N) is 1. The number of fused-ring (bicyclic) bond motifs is 2. The molecule has 6 nitrogen and oxygen atoms in total. The number of hydrogen-bond acceptors (Lipinski definition) is 5. The number of hydrogen-bond donors (Lipinski definition) is 1. The van der Waals surface area contributed by atoms with Gasteiger partial charge in [-0.3, -0.25) is 18.9 Å². The van der Waals surface area contributed by atoms with E-state index in [9.17, 15) is 9.59 Å². The van der Waals surface area contributed by atoms with Gasteiger partial charge in [0.25, 0.3) is 5.56 Å². The van der Waals surface area contributed by atoms with Crippen LogP contribution in [0.25, 0.3) is 4.96 Å². The maximum absolute atomic E-state index is 12.1. The van der Waals surface area contributed by atoms with Gasteiger partial charge in [-0.25, -0.2) is 4.98 Å². The summed E-state index contributed by atoms with van der Waals surface area (Å²) < 4.78 is 1.52. The van der Waals surface area contributed by atoms with Crippen molar-refractivity contribution in [2.45, 2.75) is 25.6 Å². The fraction of sp³-hybridized carbons (Fsp3) is 0.235. The van der Waals surface area contributed by atoms with Crippen LogP contribution in [0.15, 0.2) is 46.7 Å². The van der Waals surface area contributed by atoms with Gasteiger partial charge >= 0.3 is 0 Å². The Balaban J connectivity index is 1.68. The number of carbonyl (C=O) groups is 1. The summed E-state index contributed by atoms with van der Waals surface area (Å²) in [5.41, 5.74) is 8.50. The molecule has 7 heteroatoms. The summed E-state index contributed by atoms with van der Waals surface area (Å²) in [6.45, 7) is 1.04. The second-order valence-corrected chi connectivity index (χ2v) is 6.81. The Hall–Kier alpha value is -2.51. The van der Waals surface area contributed by atoms with Gasteiger partial charge in [0.05, 0.1) is 11.7 Å². The molecule has 0 fully saturated rings. The van der Waals surface area contributed by atoms with Crippen molar-refractivity contribution in [3.05, 3.63) is 69.1 Å². The first kappa shape index (κ1) is 15.0. The summed E-state index contributed by atoms with van der Waals surface area (Å²) in [5, 5.41) is 1.83. The van der Waals surface area contributed by atoms with Crippen LogP contribution < -0.4 is 11.3 Å². The molecule has 1 aromatic carbocycles. The van der Waals surface area contributed by atoms with Crippen molar-refractivity contribution in [1.29, 1.82) is 0 Å². The fourth-order valence-corrected chi connectivity index (χ4v) is 3.94. The molecule has 1 aliphatic rings. The number of carbonyl (C=O) groups excluding carboxylic acids is 1. The van der Waals surface area contributed by atoms with Crippen molar-refractivity contribution in [3.8, 4) is 0 Å². The minimum absolute atomic E-state index is 0.107. The molecule has 3 aromatic rings. The topological polar surface area (TPSA) is 80.7 Å². The smallest absolute Gasteiger partial charge is 0.258 e. The lowest BCUT2D eigenvalue weighted by atomic mass is 9.93. The lowest BCUT2D eigenvalue weighted by Crippen LogP contribution is -2.48. The lowest BCUT2D eigenvalue weighted by molar-refractivity contribution is -0.124. The third-order valence-corrected chi connectivity index (χ3v) is 5.15. The Morgan fingerprint density at radius 3 is 2.92 bits per heavy atom. The van der Waals surface area contributed by atoms with Gasteiger partial charge in [0.1, 0.15) is 0 Å². The van der Waals surface area contributed by atoms with Gasteiger partial charge in [0.2, 0.25) is 5.91 Å². The molecule has 1 atom stereocenters. The van der Waals surface area contributed by atoms with E-state index in [2.05, 4.69) is 11.1 Å². The third-order valence-electron chi connectivity index (χ3n) is 4.40. The number of thiazole rings is 1. The number of rotatable bonds is 3. The summed E-state index contributed by atoms with van der Waals surface area (Å²) in [7, 11) is 0. The second kappa shape index (κ2) is 5.85. The second-order valence-electron chi connectivity index (χ2n) is 5.94. The summed E-state index contributed by atoms with van der Waals surface area (Å²) >= 11 is 1.42.